The van der Waals surface area contributed by atoms with Gasteiger partial charge in [-0.2, -0.15) is 13.2 Å². The molecule has 1 atom stereocenters. The molecule has 1 N–H and O–H groups in total. The number of rotatable bonds is 5. The number of nitrogens with zero attached hydrogens (tertiary/aromatic N) is 5. The van der Waals surface area contributed by atoms with Crippen molar-refractivity contribution in [3.8, 4) is 11.6 Å². The summed E-state index contributed by atoms with van der Waals surface area (Å²) in [5.41, 5.74) is 2.59. The number of aromatic nitrogens is 3. The largest absolute Gasteiger partial charge is 0.417 e. The van der Waals surface area contributed by atoms with Crippen molar-refractivity contribution in [1.29, 1.82) is 0 Å². The highest BCUT2D eigenvalue weighted by Crippen LogP contribution is 2.36. The van der Waals surface area contributed by atoms with E-state index >= 15 is 0 Å². The number of carbonyl (C=O) groups excluding carboxylic acids is 1. The van der Waals surface area contributed by atoms with Crippen molar-refractivity contribution in [2.24, 2.45) is 4.99 Å². The van der Waals surface area contributed by atoms with Crippen molar-refractivity contribution >= 4 is 23.2 Å². The van der Waals surface area contributed by atoms with E-state index in [1.54, 1.807) is 4.90 Å². The molecule has 2 aromatic heterocycles. The Morgan fingerprint density at radius 3 is 2.50 bits per heavy atom. The lowest BCUT2D eigenvalue weighted by Gasteiger charge is -2.30. The average Bonchev–Trinajstić information content (AvgIpc) is 3.38. The van der Waals surface area contributed by atoms with Crippen LogP contribution < -0.4 is 10.2 Å². The first-order valence-electron chi connectivity index (χ1n) is 12.6. The molecule has 0 amide bonds. The standard InChI is InChI=1S/C28H23F3N6O3/c29-28(30,31)19-15-21(37-10-12-39-13-11-37)24(32-16-19)26-35-36-27(40-26)34-25-22(38)14-18-8-4-5-9-20(18)23(33-25)17-6-2-1-3-7-17/h1-9,15-16,25H,10-14H2,(H,34,36). The number of ketones is 1. The van der Waals surface area contributed by atoms with Crippen LogP contribution in [0.2, 0.25) is 0 Å². The maximum absolute atomic E-state index is 13.5. The van der Waals surface area contributed by atoms with Crippen LogP contribution in [0.5, 0.6) is 0 Å². The van der Waals surface area contributed by atoms with Crippen LogP contribution in [0.3, 0.4) is 0 Å². The summed E-state index contributed by atoms with van der Waals surface area (Å²) in [5.74, 6) is -0.297. The molecule has 2 aromatic carbocycles. The van der Waals surface area contributed by atoms with E-state index in [2.05, 4.69) is 20.5 Å². The Morgan fingerprint density at radius 2 is 1.73 bits per heavy atom. The Labute approximate surface area is 226 Å². The van der Waals surface area contributed by atoms with E-state index in [1.807, 2.05) is 54.6 Å². The molecule has 0 spiro atoms. The van der Waals surface area contributed by atoms with E-state index in [9.17, 15) is 18.0 Å². The summed E-state index contributed by atoms with van der Waals surface area (Å²) >= 11 is 0. The Morgan fingerprint density at radius 1 is 0.975 bits per heavy atom. The first-order chi connectivity index (χ1) is 19.4. The van der Waals surface area contributed by atoms with Crippen molar-refractivity contribution in [2.75, 3.05) is 36.5 Å². The van der Waals surface area contributed by atoms with Crippen molar-refractivity contribution in [3.05, 3.63) is 89.1 Å². The van der Waals surface area contributed by atoms with Crippen LogP contribution in [0.4, 0.5) is 24.9 Å². The number of aliphatic imine (C=N–C) groups is 1. The fourth-order valence-electron chi connectivity index (χ4n) is 4.71. The second kappa shape index (κ2) is 10.5. The van der Waals surface area contributed by atoms with Crippen molar-refractivity contribution < 1.29 is 27.1 Å². The number of benzene rings is 2. The molecule has 204 valence electrons. The minimum atomic E-state index is -4.57. The molecule has 4 aromatic rings. The van der Waals surface area contributed by atoms with Gasteiger partial charge in [0.2, 0.25) is 0 Å². The quantitative estimate of drug-likeness (QED) is 0.392. The van der Waals surface area contributed by atoms with Gasteiger partial charge in [0.05, 0.1) is 30.2 Å². The smallest absolute Gasteiger partial charge is 0.402 e. The van der Waals surface area contributed by atoms with Crippen LogP contribution in [-0.2, 0) is 22.1 Å². The number of hydrogen-bond acceptors (Lipinski definition) is 9. The topological polar surface area (TPSA) is 106 Å². The number of pyridine rings is 1. The summed E-state index contributed by atoms with van der Waals surface area (Å²) in [6.07, 6.45) is -4.73. The highest BCUT2D eigenvalue weighted by atomic mass is 19.4. The lowest BCUT2D eigenvalue weighted by atomic mass is 9.96. The van der Waals surface area contributed by atoms with Gasteiger partial charge in [-0.15, -0.1) is 5.10 Å². The van der Waals surface area contributed by atoms with Gasteiger partial charge in [0.15, 0.2) is 17.6 Å². The number of anilines is 2. The van der Waals surface area contributed by atoms with Crippen LogP contribution in [0.15, 0.2) is 76.3 Å². The monoisotopic (exact) mass is 548 g/mol. The van der Waals surface area contributed by atoms with Gasteiger partial charge in [-0.1, -0.05) is 59.7 Å². The highest BCUT2D eigenvalue weighted by Gasteiger charge is 2.34. The number of hydrogen-bond donors (Lipinski definition) is 1. The number of halogens is 3. The molecule has 1 saturated heterocycles. The van der Waals surface area contributed by atoms with Gasteiger partial charge in [-0.25, -0.2) is 4.98 Å². The van der Waals surface area contributed by atoms with Gasteiger partial charge < -0.3 is 19.4 Å². The Kier molecular flexibility index (Phi) is 6.76. The van der Waals surface area contributed by atoms with Gasteiger partial charge >= 0.3 is 12.2 Å². The number of Topliss-reactive ketones (excluding diaryl/α,β-unsaturated/α-hetero) is 1. The predicted molar refractivity (Wildman–Crippen MR) is 140 cm³/mol. The molecule has 1 unspecified atom stereocenters. The Hall–Kier alpha value is -4.58. The lowest BCUT2D eigenvalue weighted by molar-refractivity contribution is -0.137. The number of ether oxygens (including phenoxy) is 1. The lowest BCUT2D eigenvalue weighted by Crippen LogP contribution is -2.36. The van der Waals surface area contributed by atoms with Crippen LogP contribution in [0, 0.1) is 0 Å². The van der Waals surface area contributed by atoms with E-state index in [-0.39, 0.29) is 35.5 Å². The molecule has 0 bridgehead atoms. The first kappa shape index (κ1) is 25.7. The number of morpholine rings is 1. The summed E-state index contributed by atoms with van der Waals surface area (Å²) < 4.78 is 51.5. The van der Waals surface area contributed by atoms with E-state index < -0.39 is 17.9 Å². The maximum atomic E-state index is 13.5. The number of nitrogens with one attached hydrogen (secondary N) is 1. The fourth-order valence-corrected chi connectivity index (χ4v) is 4.71. The molecule has 2 aliphatic heterocycles. The van der Waals surface area contributed by atoms with Crippen molar-refractivity contribution in [1.82, 2.24) is 15.2 Å². The zero-order valence-electron chi connectivity index (χ0n) is 21.1. The molecule has 12 heteroatoms. The molecule has 1 fully saturated rings. The van der Waals surface area contributed by atoms with Crippen LogP contribution in [0.1, 0.15) is 22.3 Å². The predicted octanol–water partition coefficient (Wildman–Crippen LogP) is 4.39. The van der Waals surface area contributed by atoms with Gasteiger partial charge in [0.25, 0.3) is 5.89 Å². The number of fused-ring (bicyclic) bond motifs is 1. The normalized spacial score (nSPS) is 17.7. The summed E-state index contributed by atoms with van der Waals surface area (Å²) in [6, 6.07) is 18.0. The van der Waals surface area contributed by atoms with E-state index in [1.165, 1.54) is 0 Å². The average molecular weight is 549 g/mol. The second-order valence-corrected chi connectivity index (χ2v) is 9.29. The summed E-state index contributed by atoms with van der Waals surface area (Å²) in [6.45, 7) is 1.48. The summed E-state index contributed by atoms with van der Waals surface area (Å²) in [7, 11) is 0. The summed E-state index contributed by atoms with van der Waals surface area (Å²) in [4.78, 5) is 23.7. The molecular formula is C28H23F3N6O3. The Bertz CT molecular complexity index is 1570. The van der Waals surface area contributed by atoms with Crippen LogP contribution in [-0.4, -0.2) is 59.1 Å². The molecule has 9 nitrogen and oxygen atoms in total. The maximum Gasteiger partial charge on any atom is 0.417 e. The van der Waals surface area contributed by atoms with Gasteiger partial charge in [-0.3, -0.25) is 9.79 Å². The first-order valence-corrected chi connectivity index (χ1v) is 12.6. The zero-order chi connectivity index (χ0) is 27.7. The SMILES string of the molecule is O=C1Cc2ccccc2C(c2ccccc2)=NC1Nc1nnc(-c2ncc(C(F)(F)F)cc2N2CCOCC2)o1. The third kappa shape index (κ3) is 5.17. The van der Waals surface area contributed by atoms with E-state index in [0.717, 1.165) is 29.0 Å². The van der Waals surface area contributed by atoms with Crippen LogP contribution >= 0.6 is 0 Å². The molecule has 2 aliphatic rings. The minimum absolute atomic E-state index is 0.0886. The molecular weight excluding hydrogens is 525 g/mol. The molecule has 0 aliphatic carbocycles. The van der Waals surface area contributed by atoms with Crippen molar-refractivity contribution in [3.63, 3.8) is 0 Å². The third-order valence-electron chi connectivity index (χ3n) is 6.68. The highest BCUT2D eigenvalue weighted by molar-refractivity contribution is 6.16. The van der Waals surface area contributed by atoms with Gasteiger partial charge in [0, 0.05) is 36.8 Å². The van der Waals surface area contributed by atoms with E-state index in [0.29, 0.717) is 32.0 Å². The second-order valence-electron chi connectivity index (χ2n) is 9.29. The molecule has 0 saturated carbocycles. The van der Waals surface area contributed by atoms with E-state index in [4.69, 9.17) is 14.1 Å². The van der Waals surface area contributed by atoms with Gasteiger partial charge in [-0.05, 0) is 11.6 Å². The zero-order valence-corrected chi connectivity index (χ0v) is 21.1. The fraction of sp³-hybridized carbons (Fsp3) is 0.250. The Balaban J connectivity index is 1.34. The molecule has 40 heavy (non-hydrogen) atoms. The van der Waals surface area contributed by atoms with Crippen molar-refractivity contribution in [2.45, 2.75) is 18.8 Å². The molecule has 4 heterocycles. The van der Waals surface area contributed by atoms with Gasteiger partial charge in [0.1, 0.15) is 0 Å². The molecule has 0 radical (unpaired) electrons. The van der Waals surface area contributed by atoms with Crippen LogP contribution in [0.25, 0.3) is 11.6 Å². The summed E-state index contributed by atoms with van der Waals surface area (Å²) in [5, 5.41) is 10.9. The molecule has 6 rings (SSSR count). The number of carbonyl (C=O) groups is 1. The number of alkyl halides is 3. The minimum Gasteiger partial charge on any atom is -0.402 e. The third-order valence-corrected chi connectivity index (χ3v) is 6.68.